The molecule has 1 aromatic carbocycles. The van der Waals surface area contributed by atoms with Crippen molar-refractivity contribution in [3.63, 3.8) is 0 Å². The smallest absolute Gasteiger partial charge is 0.228 e. The van der Waals surface area contributed by atoms with Crippen molar-refractivity contribution in [1.82, 2.24) is 4.90 Å². The van der Waals surface area contributed by atoms with E-state index in [0.717, 1.165) is 25.1 Å². The van der Waals surface area contributed by atoms with Crippen molar-refractivity contribution < 1.29 is 14.3 Å². The quantitative estimate of drug-likeness (QED) is 0.853. The molecule has 0 aliphatic carbocycles. The highest BCUT2D eigenvalue weighted by Crippen LogP contribution is 2.34. The van der Waals surface area contributed by atoms with Gasteiger partial charge >= 0.3 is 0 Å². The van der Waals surface area contributed by atoms with Gasteiger partial charge < -0.3 is 14.5 Å². The molecule has 0 bridgehead atoms. The molecule has 0 radical (unpaired) electrons. The van der Waals surface area contributed by atoms with E-state index in [4.69, 9.17) is 4.74 Å². The lowest BCUT2D eigenvalue weighted by atomic mass is 9.99. The van der Waals surface area contributed by atoms with Gasteiger partial charge in [-0.15, -0.1) is 0 Å². The lowest BCUT2D eigenvalue weighted by molar-refractivity contribution is -0.139. The molecule has 5 nitrogen and oxygen atoms in total. The fraction of sp³-hybridized carbons (Fsp3) is 0.579. The number of amides is 2. The summed E-state index contributed by atoms with van der Waals surface area (Å²) in [6.07, 6.45) is 3.60. The molecule has 2 aliphatic heterocycles. The summed E-state index contributed by atoms with van der Waals surface area (Å²) in [4.78, 5) is 29.1. The first kappa shape index (κ1) is 16.8. The second kappa shape index (κ2) is 7.24. The summed E-state index contributed by atoms with van der Waals surface area (Å²) in [7, 11) is 0. The molecule has 2 aliphatic rings. The molecule has 3 rings (SSSR count). The van der Waals surface area contributed by atoms with E-state index in [1.165, 1.54) is 6.42 Å². The molecule has 5 heteroatoms. The number of hydrogen-bond acceptors (Lipinski definition) is 3. The minimum Gasteiger partial charge on any atom is -0.492 e. The molecule has 0 N–H and O–H groups in total. The Hall–Kier alpha value is -2.04. The minimum atomic E-state index is -0.243. The number of hydrogen-bond donors (Lipinski definition) is 0. The van der Waals surface area contributed by atoms with Crippen molar-refractivity contribution in [3.05, 3.63) is 24.3 Å². The Morgan fingerprint density at radius 3 is 2.83 bits per heavy atom. The summed E-state index contributed by atoms with van der Waals surface area (Å²) in [5.41, 5.74) is 0.770. The number of carbonyl (C=O) groups is 2. The number of anilines is 1. The Kier molecular flexibility index (Phi) is 5.07. The van der Waals surface area contributed by atoms with Crippen LogP contribution in [0.3, 0.4) is 0 Å². The van der Waals surface area contributed by atoms with Crippen molar-refractivity contribution in [2.75, 3.05) is 24.6 Å². The standard InChI is InChI=1S/C19H26N2O3/c1-3-24-17-10-5-4-9-16(17)21-13-15(12-18(21)22)19(23)20-11-7-6-8-14(20)2/h4-5,9-10,14-15H,3,6-8,11-13H2,1-2H3. The van der Waals surface area contributed by atoms with E-state index < -0.39 is 0 Å². The van der Waals surface area contributed by atoms with Gasteiger partial charge in [-0.2, -0.15) is 0 Å². The van der Waals surface area contributed by atoms with Gasteiger partial charge in [0.1, 0.15) is 5.75 Å². The Bertz CT molecular complexity index is 616. The van der Waals surface area contributed by atoms with Gasteiger partial charge in [-0.1, -0.05) is 12.1 Å². The third-order valence-electron chi connectivity index (χ3n) is 5.02. The SMILES string of the molecule is CCOc1ccccc1N1CC(C(=O)N2CCCCC2C)CC1=O. The van der Waals surface area contributed by atoms with Crippen LogP contribution in [0.5, 0.6) is 5.75 Å². The Balaban J connectivity index is 1.75. The fourth-order valence-electron chi connectivity index (χ4n) is 3.72. The predicted octanol–water partition coefficient (Wildman–Crippen LogP) is 2.84. The third-order valence-corrected chi connectivity index (χ3v) is 5.02. The summed E-state index contributed by atoms with van der Waals surface area (Å²) in [6, 6.07) is 7.83. The van der Waals surface area contributed by atoms with E-state index in [9.17, 15) is 9.59 Å². The fourth-order valence-corrected chi connectivity index (χ4v) is 3.72. The summed E-state index contributed by atoms with van der Waals surface area (Å²) in [5, 5.41) is 0. The zero-order valence-corrected chi connectivity index (χ0v) is 14.5. The zero-order chi connectivity index (χ0) is 17.1. The molecule has 2 atom stereocenters. The highest BCUT2D eigenvalue weighted by molar-refractivity contribution is 6.01. The van der Waals surface area contributed by atoms with E-state index in [1.807, 2.05) is 36.1 Å². The van der Waals surface area contributed by atoms with Crippen LogP contribution in [0.2, 0.25) is 0 Å². The molecule has 0 spiro atoms. The van der Waals surface area contributed by atoms with Gasteiger partial charge in [-0.05, 0) is 45.2 Å². The predicted molar refractivity (Wildman–Crippen MR) is 93.1 cm³/mol. The van der Waals surface area contributed by atoms with Gasteiger partial charge in [-0.3, -0.25) is 9.59 Å². The molecule has 24 heavy (non-hydrogen) atoms. The van der Waals surface area contributed by atoms with E-state index in [1.54, 1.807) is 4.90 Å². The van der Waals surface area contributed by atoms with Crippen LogP contribution in [-0.4, -0.2) is 42.5 Å². The lowest BCUT2D eigenvalue weighted by Gasteiger charge is -2.35. The maximum atomic E-state index is 12.9. The van der Waals surface area contributed by atoms with Crippen molar-refractivity contribution in [2.24, 2.45) is 5.92 Å². The molecule has 130 valence electrons. The van der Waals surface area contributed by atoms with Crippen LogP contribution in [0.15, 0.2) is 24.3 Å². The number of para-hydroxylation sites is 2. The van der Waals surface area contributed by atoms with Crippen LogP contribution in [0.25, 0.3) is 0 Å². The van der Waals surface area contributed by atoms with E-state index in [2.05, 4.69) is 6.92 Å². The second-order valence-corrected chi connectivity index (χ2v) is 6.68. The maximum absolute atomic E-state index is 12.9. The molecule has 0 aromatic heterocycles. The first-order valence-electron chi connectivity index (χ1n) is 8.94. The van der Waals surface area contributed by atoms with Gasteiger partial charge in [0, 0.05) is 25.6 Å². The maximum Gasteiger partial charge on any atom is 0.228 e. The number of benzene rings is 1. The molecular formula is C19H26N2O3. The Morgan fingerprint density at radius 2 is 2.08 bits per heavy atom. The molecule has 0 saturated carbocycles. The van der Waals surface area contributed by atoms with Crippen LogP contribution >= 0.6 is 0 Å². The van der Waals surface area contributed by atoms with Gasteiger partial charge in [0.25, 0.3) is 0 Å². The monoisotopic (exact) mass is 330 g/mol. The molecule has 2 saturated heterocycles. The summed E-state index contributed by atoms with van der Waals surface area (Å²) >= 11 is 0. The van der Waals surface area contributed by atoms with Gasteiger partial charge in [0.05, 0.1) is 18.2 Å². The van der Waals surface area contributed by atoms with Crippen LogP contribution in [0, 0.1) is 5.92 Å². The third kappa shape index (κ3) is 3.25. The average molecular weight is 330 g/mol. The van der Waals surface area contributed by atoms with E-state index in [0.29, 0.717) is 25.3 Å². The molecule has 2 unspecified atom stereocenters. The number of carbonyl (C=O) groups excluding carboxylic acids is 2. The van der Waals surface area contributed by atoms with Crippen LogP contribution in [0.1, 0.15) is 39.5 Å². The summed E-state index contributed by atoms with van der Waals surface area (Å²) < 4.78 is 5.64. The van der Waals surface area contributed by atoms with Crippen molar-refractivity contribution in [1.29, 1.82) is 0 Å². The van der Waals surface area contributed by atoms with E-state index >= 15 is 0 Å². The van der Waals surface area contributed by atoms with Gasteiger partial charge in [0.15, 0.2) is 0 Å². The van der Waals surface area contributed by atoms with Crippen LogP contribution in [-0.2, 0) is 9.59 Å². The number of ether oxygens (including phenoxy) is 1. The first-order chi connectivity index (χ1) is 11.6. The molecule has 1 aromatic rings. The summed E-state index contributed by atoms with van der Waals surface area (Å²) in [6.45, 7) is 5.85. The first-order valence-corrected chi connectivity index (χ1v) is 8.94. The van der Waals surface area contributed by atoms with Crippen molar-refractivity contribution >= 4 is 17.5 Å². The Labute approximate surface area is 143 Å². The summed E-state index contributed by atoms with van der Waals surface area (Å²) in [5.74, 6) is 0.595. The van der Waals surface area contributed by atoms with Crippen LogP contribution < -0.4 is 9.64 Å². The Morgan fingerprint density at radius 1 is 1.29 bits per heavy atom. The number of likely N-dealkylation sites (tertiary alicyclic amines) is 1. The zero-order valence-electron chi connectivity index (χ0n) is 14.5. The highest BCUT2D eigenvalue weighted by Gasteiger charge is 2.39. The average Bonchev–Trinajstić information content (AvgIpc) is 2.97. The van der Waals surface area contributed by atoms with Crippen molar-refractivity contribution in [2.45, 2.75) is 45.6 Å². The number of piperidine rings is 1. The van der Waals surface area contributed by atoms with Gasteiger partial charge in [0.2, 0.25) is 11.8 Å². The minimum absolute atomic E-state index is 0.00478. The topological polar surface area (TPSA) is 49.9 Å². The van der Waals surface area contributed by atoms with E-state index in [-0.39, 0.29) is 23.8 Å². The number of nitrogens with zero attached hydrogens (tertiary/aromatic N) is 2. The van der Waals surface area contributed by atoms with Crippen molar-refractivity contribution in [3.8, 4) is 5.75 Å². The number of rotatable bonds is 4. The molecule has 2 heterocycles. The molecular weight excluding hydrogens is 304 g/mol. The normalized spacial score (nSPS) is 24.3. The molecule has 2 fully saturated rings. The van der Waals surface area contributed by atoms with Gasteiger partial charge in [-0.25, -0.2) is 0 Å². The molecule has 2 amide bonds. The second-order valence-electron chi connectivity index (χ2n) is 6.68. The lowest BCUT2D eigenvalue weighted by Crippen LogP contribution is -2.45. The largest absolute Gasteiger partial charge is 0.492 e. The van der Waals surface area contributed by atoms with Crippen LogP contribution in [0.4, 0.5) is 5.69 Å². The highest BCUT2D eigenvalue weighted by atomic mass is 16.5.